The monoisotopic (exact) mass is 285 g/mol. The van der Waals surface area contributed by atoms with E-state index >= 15 is 0 Å². The van der Waals surface area contributed by atoms with E-state index in [0.29, 0.717) is 22.0 Å². The van der Waals surface area contributed by atoms with Crippen LogP contribution in [0.25, 0.3) is 0 Å². The van der Waals surface area contributed by atoms with Gasteiger partial charge in [0.25, 0.3) is 0 Å². The first-order chi connectivity index (χ1) is 8.56. The van der Waals surface area contributed by atoms with E-state index in [0.717, 1.165) is 11.0 Å². The van der Waals surface area contributed by atoms with Crippen LogP contribution in [0.5, 0.6) is 0 Å². The van der Waals surface area contributed by atoms with Crippen molar-refractivity contribution in [2.24, 2.45) is 0 Å². The molecule has 0 spiro atoms. The Morgan fingerprint density at radius 3 is 2.56 bits per heavy atom. The molecule has 0 saturated carbocycles. The molecule has 18 heavy (non-hydrogen) atoms. The predicted octanol–water partition coefficient (Wildman–Crippen LogP) is 4.49. The van der Waals surface area contributed by atoms with E-state index < -0.39 is 11.6 Å². The molecule has 2 N–H and O–H groups in total. The number of rotatable bonds is 3. The summed E-state index contributed by atoms with van der Waals surface area (Å²) in [4.78, 5) is 0.826. The van der Waals surface area contributed by atoms with Gasteiger partial charge in [-0.15, -0.1) is 11.8 Å². The third kappa shape index (κ3) is 3.15. The van der Waals surface area contributed by atoms with Crippen molar-refractivity contribution < 1.29 is 8.78 Å². The fourth-order valence-corrected chi connectivity index (χ4v) is 2.61. The zero-order valence-electron chi connectivity index (χ0n) is 9.29. The highest BCUT2D eigenvalue weighted by Crippen LogP contribution is 2.30. The summed E-state index contributed by atoms with van der Waals surface area (Å²) in [6.45, 7) is 0. The van der Waals surface area contributed by atoms with Gasteiger partial charge in [0.15, 0.2) is 11.6 Å². The number of benzene rings is 2. The minimum atomic E-state index is -0.842. The molecule has 0 bridgehead atoms. The number of hydrogen-bond acceptors (Lipinski definition) is 2. The van der Waals surface area contributed by atoms with Crippen molar-refractivity contribution in [3.63, 3.8) is 0 Å². The van der Waals surface area contributed by atoms with Gasteiger partial charge in [-0.2, -0.15) is 0 Å². The van der Waals surface area contributed by atoms with Gasteiger partial charge < -0.3 is 5.73 Å². The van der Waals surface area contributed by atoms with Crippen LogP contribution in [0, 0.1) is 11.6 Å². The molecule has 0 unspecified atom stereocenters. The summed E-state index contributed by atoms with van der Waals surface area (Å²) in [5, 5.41) is 0.594. The van der Waals surface area contributed by atoms with Crippen LogP contribution in [0.4, 0.5) is 14.5 Å². The molecule has 0 aliphatic carbocycles. The highest BCUT2D eigenvalue weighted by atomic mass is 35.5. The second-order valence-electron chi connectivity index (χ2n) is 3.72. The molecule has 2 rings (SSSR count). The lowest BCUT2D eigenvalue weighted by Crippen LogP contribution is -1.90. The largest absolute Gasteiger partial charge is 0.398 e. The van der Waals surface area contributed by atoms with Gasteiger partial charge in [0.1, 0.15) is 0 Å². The summed E-state index contributed by atoms with van der Waals surface area (Å²) in [5.74, 6) is -1.18. The van der Waals surface area contributed by atoms with Crippen LogP contribution in [0.15, 0.2) is 41.3 Å². The minimum Gasteiger partial charge on any atom is -0.398 e. The van der Waals surface area contributed by atoms with Crippen LogP contribution in [-0.2, 0) is 5.75 Å². The van der Waals surface area contributed by atoms with E-state index in [-0.39, 0.29) is 0 Å². The third-order valence-corrected chi connectivity index (χ3v) is 3.73. The quantitative estimate of drug-likeness (QED) is 0.664. The molecule has 2 aromatic carbocycles. The molecule has 94 valence electrons. The second kappa shape index (κ2) is 5.59. The molecule has 0 atom stereocenters. The van der Waals surface area contributed by atoms with Crippen molar-refractivity contribution in [1.29, 1.82) is 0 Å². The van der Waals surface area contributed by atoms with Gasteiger partial charge in [-0.1, -0.05) is 17.7 Å². The molecule has 5 heteroatoms. The summed E-state index contributed by atoms with van der Waals surface area (Å²) in [6, 6.07) is 9.03. The highest BCUT2D eigenvalue weighted by molar-refractivity contribution is 7.98. The molecular formula is C13H10ClF2NS. The first-order valence-electron chi connectivity index (χ1n) is 5.18. The van der Waals surface area contributed by atoms with Crippen LogP contribution in [0.2, 0.25) is 5.02 Å². The van der Waals surface area contributed by atoms with Gasteiger partial charge in [-0.3, -0.25) is 0 Å². The lowest BCUT2D eigenvalue weighted by atomic mass is 10.2. The smallest absolute Gasteiger partial charge is 0.159 e. The number of hydrogen-bond donors (Lipinski definition) is 1. The maximum atomic E-state index is 13.0. The van der Waals surface area contributed by atoms with Gasteiger partial charge in [0.05, 0.1) is 0 Å². The standard InChI is InChI=1S/C13H10ClF2NS/c14-9-2-4-12(17)13(6-9)18-7-8-1-3-10(15)11(16)5-8/h1-6H,7,17H2. The Morgan fingerprint density at radius 2 is 1.83 bits per heavy atom. The Kier molecular flexibility index (Phi) is 4.09. The Morgan fingerprint density at radius 1 is 1.06 bits per heavy atom. The summed E-state index contributed by atoms with van der Waals surface area (Å²) < 4.78 is 25.8. The summed E-state index contributed by atoms with van der Waals surface area (Å²) >= 11 is 7.30. The van der Waals surface area contributed by atoms with Gasteiger partial charge >= 0.3 is 0 Å². The molecule has 0 fully saturated rings. The number of nitrogen functional groups attached to an aromatic ring is 1. The number of anilines is 1. The zero-order chi connectivity index (χ0) is 13.1. The molecule has 0 radical (unpaired) electrons. The van der Waals surface area contributed by atoms with E-state index in [2.05, 4.69) is 0 Å². The predicted molar refractivity (Wildman–Crippen MR) is 71.8 cm³/mol. The van der Waals surface area contributed by atoms with Crippen molar-refractivity contribution in [2.45, 2.75) is 10.6 Å². The fourth-order valence-electron chi connectivity index (χ4n) is 1.42. The molecule has 0 aliphatic heterocycles. The first kappa shape index (κ1) is 13.2. The Hall–Kier alpha value is -1.26. The summed E-state index contributed by atoms with van der Waals surface area (Å²) in [6.07, 6.45) is 0. The van der Waals surface area contributed by atoms with Crippen molar-refractivity contribution >= 4 is 29.1 Å². The summed E-state index contributed by atoms with van der Waals surface area (Å²) in [7, 11) is 0. The van der Waals surface area contributed by atoms with E-state index in [4.69, 9.17) is 17.3 Å². The average Bonchev–Trinajstić information content (AvgIpc) is 2.34. The van der Waals surface area contributed by atoms with Crippen LogP contribution in [0.3, 0.4) is 0 Å². The van der Waals surface area contributed by atoms with Crippen molar-refractivity contribution in [2.75, 3.05) is 5.73 Å². The normalized spacial score (nSPS) is 10.6. The van der Waals surface area contributed by atoms with Gasteiger partial charge in [-0.25, -0.2) is 8.78 Å². The zero-order valence-corrected chi connectivity index (χ0v) is 10.9. The fraction of sp³-hybridized carbons (Fsp3) is 0.0769. The van der Waals surface area contributed by atoms with Crippen molar-refractivity contribution in [3.05, 3.63) is 58.6 Å². The van der Waals surface area contributed by atoms with Crippen LogP contribution < -0.4 is 5.73 Å². The second-order valence-corrected chi connectivity index (χ2v) is 5.17. The van der Waals surface area contributed by atoms with Crippen molar-refractivity contribution in [3.8, 4) is 0 Å². The molecule has 0 saturated heterocycles. The SMILES string of the molecule is Nc1ccc(Cl)cc1SCc1ccc(F)c(F)c1. The van der Waals surface area contributed by atoms with Crippen LogP contribution in [0.1, 0.15) is 5.56 Å². The lowest BCUT2D eigenvalue weighted by Gasteiger charge is -2.06. The van der Waals surface area contributed by atoms with Gasteiger partial charge in [0.2, 0.25) is 0 Å². The van der Waals surface area contributed by atoms with E-state index in [1.807, 2.05) is 0 Å². The highest BCUT2D eigenvalue weighted by Gasteiger charge is 2.05. The third-order valence-electron chi connectivity index (χ3n) is 2.35. The van der Waals surface area contributed by atoms with E-state index in [1.54, 1.807) is 24.3 Å². The Labute approximate surface area is 113 Å². The number of nitrogens with two attached hydrogens (primary N) is 1. The van der Waals surface area contributed by atoms with Gasteiger partial charge in [0, 0.05) is 21.4 Å². The summed E-state index contributed by atoms with van der Waals surface area (Å²) in [5.41, 5.74) is 7.10. The van der Waals surface area contributed by atoms with Crippen molar-refractivity contribution in [1.82, 2.24) is 0 Å². The van der Waals surface area contributed by atoms with E-state index in [9.17, 15) is 8.78 Å². The topological polar surface area (TPSA) is 26.0 Å². The molecule has 0 amide bonds. The minimum absolute atomic E-state index is 0.502. The maximum absolute atomic E-state index is 13.0. The molecule has 0 aliphatic rings. The Bertz CT molecular complexity index is 575. The molecule has 1 nitrogen and oxygen atoms in total. The van der Waals surface area contributed by atoms with E-state index in [1.165, 1.54) is 17.8 Å². The molecule has 0 heterocycles. The molecular weight excluding hydrogens is 276 g/mol. The lowest BCUT2D eigenvalue weighted by molar-refractivity contribution is 0.507. The number of halogens is 3. The van der Waals surface area contributed by atoms with Crippen LogP contribution in [-0.4, -0.2) is 0 Å². The number of thioether (sulfide) groups is 1. The molecule has 0 aromatic heterocycles. The average molecular weight is 286 g/mol. The van der Waals surface area contributed by atoms with Gasteiger partial charge in [-0.05, 0) is 35.9 Å². The van der Waals surface area contributed by atoms with Crippen LogP contribution >= 0.6 is 23.4 Å². The molecule has 2 aromatic rings. The Balaban J connectivity index is 2.11. The first-order valence-corrected chi connectivity index (χ1v) is 6.54. The maximum Gasteiger partial charge on any atom is 0.159 e.